The minimum Gasteiger partial charge on any atom is -0.383 e. The number of ether oxygens (including phenoxy) is 1. The molecule has 2 aromatic heterocycles. The molecule has 0 atom stereocenters. The Hall–Kier alpha value is -1.80. The van der Waals surface area contributed by atoms with Crippen LogP contribution in [0.2, 0.25) is 0 Å². The summed E-state index contributed by atoms with van der Waals surface area (Å²) < 4.78 is 11.2. The van der Waals surface area contributed by atoms with Gasteiger partial charge in [-0.3, -0.25) is 0 Å². The van der Waals surface area contributed by atoms with Gasteiger partial charge < -0.3 is 14.6 Å². The number of methoxy groups -OCH3 is 1. The maximum atomic E-state index is 4.92. The lowest BCUT2D eigenvalue weighted by Gasteiger charge is -1.99. The minimum absolute atomic E-state index is 0.460. The van der Waals surface area contributed by atoms with Crippen LogP contribution in [0.3, 0.4) is 0 Å². The fraction of sp³-hybridized carbons (Fsp3) is 0.556. The Morgan fingerprint density at radius 1 is 1.53 bits per heavy atom. The van der Waals surface area contributed by atoms with Gasteiger partial charge in [0.1, 0.15) is 6.54 Å². The molecule has 2 aromatic rings. The van der Waals surface area contributed by atoms with Crippen molar-refractivity contribution in [2.45, 2.75) is 13.1 Å². The van der Waals surface area contributed by atoms with Crippen molar-refractivity contribution in [3.05, 3.63) is 24.1 Å². The summed E-state index contributed by atoms with van der Waals surface area (Å²) in [6, 6.07) is 0. The molecule has 0 amide bonds. The second kappa shape index (κ2) is 6.06. The second-order valence-corrected chi connectivity index (χ2v) is 3.42. The Labute approximate surface area is 98.0 Å². The van der Waals surface area contributed by atoms with Gasteiger partial charge in [-0.1, -0.05) is 10.4 Å². The minimum atomic E-state index is 0.460. The monoisotopic (exact) mass is 238 g/mol. The molecule has 0 saturated heterocycles. The van der Waals surface area contributed by atoms with E-state index in [1.165, 1.54) is 6.39 Å². The summed E-state index contributed by atoms with van der Waals surface area (Å²) in [5.74, 6) is 0.578. The van der Waals surface area contributed by atoms with Crippen LogP contribution in [0.25, 0.3) is 0 Å². The van der Waals surface area contributed by atoms with Gasteiger partial charge in [-0.05, 0) is 0 Å². The highest BCUT2D eigenvalue weighted by molar-refractivity contribution is 4.93. The molecule has 2 rings (SSSR count). The molecule has 0 bridgehead atoms. The second-order valence-electron chi connectivity index (χ2n) is 3.42. The fourth-order valence-electron chi connectivity index (χ4n) is 1.29. The van der Waals surface area contributed by atoms with Crippen molar-refractivity contribution in [3.63, 3.8) is 0 Å². The molecule has 8 nitrogen and oxygen atoms in total. The fourth-order valence-corrected chi connectivity index (χ4v) is 1.29. The molecule has 0 aliphatic carbocycles. The summed E-state index contributed by atoms with van der Waals surface area (Å²) in [4.78, 5) is 3.91. The van der Waals surface area contributed by atoms with Gasteiger partial charge in [-0.2, -0.15) is 4.98 Å². The largest absolute Gasteiger partial charge is 0.383 e. The topological polar surface area (TPSA) is 90.9 Å². The van der Waals surface area contributed by atoms with E-state index in [9.17, 15) is 0 Å². The number of hydrogen-bond donors (Lipinski definition) is 1. The van der Waals surface area contributed by atoms with Gasteiger partial charge in [0.05, 0.1) is 18.5 Å². The van der Waals surface area contributed by atoms with Crippen LogP contribution in [0.15, 0.2) is 17.1 Å². The predicted molar refractivity (Wildman–Crippen MR) is 57.0 cm³/mol. The zero-order valence-corrected chi connectivity index (χ0v) is 9.54. The third-order valence-corrected chi connectivity index (χ3v) is 2.09. The molecule has 0 aliphatic heterocycles. The lowest BCUT2D eigenvalue weighted by molar-refractivity contribution is 0.199. The van der Waals surface area contributed by atoms with Crippen molar-refractivity contribution in [2.24, 2.45) is 0 Å². The first-order chi connectivity index (χ1) is 8.38. The van der Waals surface area contributed by atoms with E-state index in [-0.39, 0.29) is 0 Å². The number of rotatable bonds is 7. The van der Waals surface area contributed by atoms with E-state index in [4.69, 9.17) is 4.74 Å². The van der Waals surface area contributed by atoms with Crippen LogP contribution in [0.4, 0.5) is 0 Å². The molecule has 92 valence electrons. The van der Waals surface area contributed by atoms with Crippen molar-refractivity contribution in [1.29, 1.82) is 0 Å². The molecular weight excluding hydrogens is 224 g/mol. The molecule has 0 aromatic carbocycles. The van der Waals surface area contributed by atoms with E-state index >= 15 is 0 Å². The summed E-state index contributed by atoms with van der Waals surface area (Å²) in [6.45, 7) is 2.59. The smallest absolute Gasteiger partial charge is 0.213 e. The lowest BCUT2D eigenvalue weighted by atomic mass is 10.4. The highest BCUT2D eigenvalue weighted by atomic mass is 16.5. The quantitative estimate of drug-likeness (QED) is 0.647. The van der Waals surface area contributed by atoms with Crippen LogP contribution in [0, 0.1) is 0 Å². The molecule has 0 unspecified atom stereocenters. The first-order valence-corrected chi connectivity index (χ1v) is 5.22. The Balaban J connectivity index is 1.79. The van der Waals surface area contributed by atoms with Gasteiger partial charge in [0.2, 0.25) is 6.39 Å². The van der Waals surface area contributed by atoms with Crippen LogP contribution in [-0.2, 0) is 17.8 Å². The third-order valence-electron chi connectivity index (χ3n) is 2.09. The molecule has 0 radical (unpaired) electrons. The van der Waals surface area contributed by atoms with Crippen molar-refractivity contribution >= 4 is 0 Å². The summed E-state index contributed by atoms with van der Waals surface area (Å²) >= 11 is 0. The van der Waals surface area contributed by atoms with E-state index in [0.717, 1.165) is 12.2 Å². The normalized spacial score (nSPS) is 10.9. The van der Waals surface area contributed by atoms with E-state index in [0.29, 0.717) is 25.5 Å². The Morgan fingerprint density at radius 3 is 3.24 bits per heavy atom. The Bertz CT molecular complexity index is 426. The van der Waals surface area contributed by atoms with Gasteiger partial charge >= 0.3 is 0 Å². The highest BCUT2D eigenvalue weighted by Gasteiger charge is 2.03. The lowest BCUT2D eigenvalue weighted by Crippen LogP contribution is -2.18. The van der Waals surface area contributed by atoms with Gasteiger partial charge in [-0.25, -0.2) is 4.68 Å². The highest BCUT2D eigenvalue weighted by Crippen LogP contribution is 1.96. The third kappa shape index (κ3) is 3.61. The zero-order valence-electron chi connectivity index (χ0n) is 9.54. The summed E-state index contributed by atoms with van der Waals surface area (Å²) in [6.07, 6.45) is 3.13. The first kappa shape index (κ1) is 11.7. The van der Waals surface area contributed by atoms with Crippen LogP contribution >= 0.6 is 0 Å². The van der Waals surface area contributed by atoms with Crippen molar-refractivity contribution in [1.82, 2.24) is 30.5 Å². The van der Waals surface area contributed by atoms with Gasteiger partial charge in [0.15, 0.2) is 5.82 Å². The first-order valence-electron chi connectivity index (χ1n) is 5.22. The summed E-state index contributed by atoms with van der Waals surface area (Å²) in [5, 5.41) is 14.9. The molecule has 17 heavy (non-hydrogen) atoms. The Morgan fingerprint density at radius 2 is 2.47 bits per heavy atom. The van der Waals surface area contributed by atoms with Crippen molar-refractivity contribution < 1.29 is 9.26 Å². The van der Waals surface area contributed by atoms with Crippen LogP contribution < -0.4 is 5.32 Å². The number of aromatic nitrogens is 5. The maximum Gasteiger partial charge on any atom is 0.213 e. The number of hydrogen-bond acceptors (Lipinski definition) is 7. The van der Waals surface area contributed by atoms with E-state index in [1.807, 2.05) is 6.20 Å². The molecule has 0 aliphatic rings. The van der Waals surface area contributed by atoms with Crippen LogP contribution in [0.1, 0.15) is 11.5 Å². The number of nitrogens with zero attached hydrogens (tertiary/aromatic N) is 5. The molecule has 0 fully saturated rings. The SMILES string of the molecule is COCCNCc1cn(Cc2ncon2)nn1. The van der Waals surface area contributed by atoms with Crippen LogP contribution in [-0.4, -0.2) is 45.4 Å². The summed E-state index contributed by atoms with van der Waals surface area (Å²) in [5.41, 5.74) is 0.865. The molecule has 8 heteroatoms. The molecule has 0 saturated carbocycles. The molecular formula is C9H14N6O2. The molecule has 1 N–H and O–H groups in total. The summed E-state index contributed by atoms with van der Waals surface area (Å²) in [7, 11) is 1.67. The van der Waals surface area contributed by atoms with E-state index < -0.39 is 0 Å². The molecule has 2 heterocycles. The van der Waals surface area contributed by atoms with Gasteiger partial charge in [0, 0.05) is 20.2 Å². The standard InChI is InChI=1S/C9H14N6O2/c1-16-3-2-10-4-8-5-15(14-12-8)6-9-11-7-17-13-9/h5,7,10H,2-4,6H2,1H3. The Kier molecular flexibility index (Phi) is 4.17. The van der Waals surface area contributed by atoms with Gasteiger partial charge in [-0.15, -0.1) is 5.10 Å². The average Bonchev–Trinajstić information content (AvgIpc) is 2.97. The van der Waals surface area contributed by atoms with Crippen molar-refractivity contribution in [3.8, 4) is 0 Å². The van der Waals surface area contributed by atoms with Crippen LogP contribution in [0.5, 0.6) is 0 Å². The van der Waals surface area contributed by atoms with Gasteiger partial charge in [0.25, 0.3) is 0 Å². The maximum absolute atomic E-state index is 4.92. The van der Waals surface area contributed by atoms with E-state index in [2.05, 4.69) is 30.3 Å². The van der Waals surface area contributed by atoms with E-state index in [1.54, 1.807) is 11.8 Å². The zero-order chi connectivity index (χ0) is 11.9. The van der Waals surface area contributed by atoms with Crippen molar-refractivity contribution in [2.75, 3.05) is 20.3 Å². The average molecular weight is 238 g/mol. The predicted octanol–water partition coefficient (Wildman–Crippen LogP) is -0.555. The number of nitrogens with one attached hydrogen (secondary N) is 1. The molecule has 0 spiro atoms.